The van der Waals surface area contributed by atoms with Crippen LogP contribution in [0.25, 0.3) is 0 Å². The number of carboxylic acid groups (broad SMARTS) is 1. The van der Waals surface area contributed by atoms with Crippen molar-refractivity contribution in [2.45, 2.75) is 38.3 Å². The molecule has 2 heterocycles. The molecule has 0 radical (unpaired) electrons. The Bertz CT molecular complexity index is 502. The van der Waals surface area contributed by atoms with E-state index in [9.17, 15) is 14.7 Å². The zero-order valence-corrected chi connectivity index (χ0v) is 11.6. The summed E-state index contributed by atoms with van der Waals surface area (Å²) in [5.41, 5.74) is 4.63. The Morgan fingerprint density at radius 1 is 1.58 bits per heavy atom. The van der Waals surface area contributed by atoms with E-state index in [-0.39, 0.29) is 12.5 Å². The van der Waals surface area contributed by atoms with E-state index in [1.165, 1.54) is 16.2 Å². The zero-order chi connectivity index (χ0) is 14.0. The number of carboxylic acids is 1. The van der Waals surface area contributed by atoms with Gasteiger partial charge in [0.1, 0.15) is 16.2 Å². The van der Waals surface area contributed by atoms with E-state index in [1.807, 2.05) is 0 Å². The number of carbonyl (C=O) groups excluding carboxylic acids is 1. The van der Waals surface area contributed by atoms with Crippen molar-refractivity contribution in [2.24, 2.45) is 5.73 Å². The molecule has 1 unspecified atom stereocenters. The largest absolute Gasteiger partial charge is 0.480 e. The fourth-order valence-corrected chi connectivity index (χ4v) is 2.96. The molecule has 1 atom stereocenters. The van der Waals surface area contributed by atoms with Gasteiger partial charge in [-0.25, -0.2) is 9.78 Å². The monoisotopic (exact) mass is 283 g/mol. The van der Waals surface area contributed by atoms with Crippen LogP contribution in [0.3, 0.4) is 0 Å². The van der Waals surface area contributed by atoms with Crippen molar-refractivity contribution in [3.05, 3.63) is 16.1 Å². The van der Waals surface area contributed by atoms with Crippen molar-refractivity contribution in [1.29, 1.82) is 0 Å². The van der Waals surface area contributed by atoms with E-state index in [1.54, 1.807) is 12.3 Å². The average Bonchev–Trinajstić information content (AvgIpc) is 2.87. The first-order valence-electron chi connectivity index (χ1n) is 6.19. The van der Waals surface area contributed by atoms with Crippen molar-refractivity contribution in [3.8, 4) is 0 Å². The number of nitrogens with zero attached hydrogens (tertiary/aromatic N) is 2. The summed E-state index contributed by atoms with van der Waals surface area (Å²) in [5.74, 6) is -1.28. The first-order chi connectivity index (χ1) is 8.99. The standard InChI is InChI=1S/C12H17N3O3S/c1-12(11(17)18)4-2-3-5-15(12)10(16)8-7-19-9(6-13)14-8/h7H,2-6,13H2,1H3,(H,17,18). The summed E-state index contributed by atoms with van der Waals surface area (Å²) in [6, 6.07) is 0. The van der Waals surface area contributed by atoms with Crippen molar-refractivity contribution in [1.82, 2.24) is 9.88 Å². The van der Waals surface area contributed by atoms with Crippen LogP contribution in [-0.2, 0) is 11.3 Å². The van der Waals surface area contributed by atoms with Gasteiger partial charge in [0.05, 0.1) is 0 Å². The maximum Gasteiger partial charge on any atom is 0.329 e. The Morgan fingerprint density at radius 3 is 2.89 bits per heavy atom. The number of thiazole rings is 1. The molecule has 1 saturated heterocycles. The van der Waals surface area contributed by atoms with Crippen LogP contribution >= 0.6 is 11.3 Å². The Morgan fingerprint density at radius 2 is 2.32 bits per heavy atom. The second kappa shape index (κ2) is 5.26. The summed E-state index contributed by atoms with van der Waals surface area (Å²) in [6.45, 7) is 2.34. The Labute approximate surface area is 115 Å². The topological polar surface area (TPSA) is 96.5 Å². The Kier molecular flexibility index (Phi) is 3.86. The van der Waals surface area contributed by atoms with Crippen molar-refractivity contribution >= 4 is 23.2 Å². The summed E-state index contributed by atoms with van der Waals surface area (Å²) in [7, 11) is 0. The summed E-state index contributed by atoms with van der Waals surface area (Å²) in [6.07, 6.45) is 2.11. The first-order valence-corrected chi connectivity index (χ1v) is 7.07. The number of hydrogen-bond donors (Lipinski definition) is 2. The second-order valence-electron chi connectivity index (χ2n) is 4.82. The predicted molar refractivity (Wildman–Crippen MR) is 70.9 cm³/mol. The molecule has 104 valence electrons. The normalized spacial score (nSPS) is 23.4. The molecular weight excluding hydrogens is 266 g/mol. The van der Waals surface area contributed by atoms with Gasteiger partial charge in [-0.1, -0.05) is 0 Å². The molecule has 1 aromatic rings. The predicted octanol–water partition coefficient (Wildman–Crippen LogP) is 1.07. The summed E-state index contributed by atoms with van der Waals surface area (Å²) >= 11 is 1.32. The lowest BCUT2D eigenvalue weighted by Gasteiger charge is -2.41. The van der Waals surface area contributed by atoms with Crippen molar-refractivity contribution < 1.29 is 14.7 Å². The van der Waals surface area contributed by atoms with Gasteiger partial charge < -0.3 is 15.7 Å². The number of aromatic nitrogens is 1. The highest BCUT2D eigenvalue weighted by molar-refractivity contribution is 7.09. The molecule has 0 spiro atoms. The summed E-state index contributed by atoms with van der Waals surface area (Å²) in [4.78, 5) is 29.4. The van der Waals surface area contributed by atoms with E-state index >= 15 is 0 Å². The molecule has 1 aromatic heterocycles. The molecule has 0 saturated carbocycles. The van der Waals surface area contributed by atoms with Crippen molar-refractivity contribution in [2.75, 3.05) is 6.54 Å². The molecule has 6 nitrogen and oxygen atoms in total. The Balaban J connectivity index is 2.27. The van der Waals surface area contributed by atoms with Gasteiger partial charge in [0.25, 0.3) is 5.91 Å². The molecule has 1 aliphatic rings. The third-order valence-electron chi connectivity index (χ3n) is 3.54. The lowest BCUT2D eigenvalue weighted by atomic mass is 9.88. The summed E-state index contributed by atoms with van der Waals surface area (Å²) < 4.78 is 0. The number of aliphatic carboxylic acids is 1. The minimum atomic E-state index is -1.14. The molecule has 2 rings (SSSR count). The van der Waals surface area contributed by atoms with Crippen LogP contribution < -0.4 is 5.73 Å². The third kappa shape index (κ3) is 2.48. The molecule has 1 fully saturated rings. The minimum absolute atomic E-state index is 0.286. The number of nitrogens with two attached hydrogens (primary N) is 1. The smallest absolute Gasteiger partial charge is 0.329 e. The number of piperidine rings is 1. The molecule has 3 N–H and O–H groups in total. The van der Waals surface area contributed by atoms with E-state index in [4.69, 9.17) is 5.73 Å². The van der Waals surface area contributed by atoms with Gasteiger partial charge in [0.2, 0.25) is 0 Å². The van der Waals surface area contributed by atoms with Crippen LogP contribution in [-0.4, -0.2) is 39.0 Å². The van der Waals surface area contributed by atoms with Crippen LogP contribution in [0.2, 0.25) is 0 Å². The van der Waals surface area contributed by atoms with Crippen molar-refractivity contribution in [3.63, 3.8) is 0 Å². The second-order valence-corrected chi connectivity index (χ2v) is 5.77. The third-order valence-corrected chi connectivity index (χ3v) is 4.41. The van der Waals surface area contributed by atoms with Crippen LogP contribution in [0.5, 0.6) is 0 Å². The number of amides is 1. The number of rotatable bonds is 3. The number of carbonyl (C=O) groups is 2. The van der Waals surface area contributed by atoms with Crippen LogP contribution in [0.1, 0.15) is 41.7 Å². The van der Waals surface area contributed by atoms with E-state index in [0.717, 1.165) is 12.8 Å². The lowest BCUT2D eigenvalue weighted by Crippen LogP contribution is -2.57. The molecule has 19 heavy (non-hydrogen) atoms. The van der Waals surface area contributed by atoms with Gasteiger partial charge >= 0.3 is 5.97 Å². The minimum Gasteiger partial charge on any atom is -0.480 e. The van der Waals surface area contributed by atoms with Crippen LogP contribution in [0, 0.1) is 0 Å². The molecule has 0 aliphatic carbocycles. The highest BCUT2D eigenvalue weighted by atomic mass is 32.1. The van der Waals surface area contributed by atoms with Gasteiger partial charge in [-0.3, -0.25) is 4.79 Å². The molecule has 1 aliphatic heterocycles. The average molecular weight is 283 g/mol. The van der Waals surface area contributed by atoms with E-state index in [0.29, 0.717) is 23.7 Å². The molecule has 1 amide bonds. The first kappa shape index (κ1) is 14.0. The van der Waals surface area contributed by atoms with E-state index in [2.05, 4.69) is 4.98 Å². The quantitative estimate of drug-likeness (QED) is 0.865. The van der Waals surface area contributed by atoms with Crippen LogP contribution in [0.4, 0.5) is 0 Å². The fraction of sp³-hybridized carbons (Fsp3) is 0.583. The van der Waals surface area contributed by atoms with Gasteiger partial charge in [0.15, 0.2) is 0 Å². The van der Waals surface area contributed by atoms with E-state index < -0.39 is 11.5 Å². The van der Waals surface area contributed by atoms with Gasteiger partial charge in [0, 0.05) is 18.5 Å². The Hall–Kier alpha value is -1.47. The van der Waals surface area contributed by atoms with Crippen LogP contribution in [0.15, 0.2) is 5.38 Å². The number of hydrogen-bond acceptors (Lipinski definition) is 5. The fourth-order valence-electron chi connectivity index (χ4n) is 2.31. The summed E-state index contributed by atoms with van der Waals surface area (Å²) in [5, 5.41) is 11.7. The zero-order valence-electron chi connectivity index (χ0n) is 10.8. The highest BCUT2D eigenvalue weighted by Crippen LogP contribution is 2.30. The molecule has 0 aromatic carbocycles. The number of likely N-dealkylation sites (tertiary alicyclic amines) is 1. The lowest BCUT2D eigenvalue weighted by molar-refractivity contribution is -0.150. The van der Waals surface area contributed by atoms with Gasteiger partial charge in [-0.15, -0.1) is 11.3 Å². The molecule has 7 heteroatoms. The van der Waals surface area contributed by atoms with Gasteiger partial charge in [-0.05, 0) is 26.2 Å². The molecular formula is C12H17N3O3S. The maximum absolute atomic E-state index is 12.4. The highest BCUT2D eigenvalue weighted by Gasteiger charge is 2.44. The SMILES string of the molecule is CC1(C(=O)O)CCCCN1C(=O)c1csc(CN)n1. The molecule has 0 bridgehead atoms. The van der Waals surface area contributed by atoms with Gasteiger partial charge in [-0.2, -0.15) is 0 Å². The maximum atomic E-state index is 12.4.